The molecule has 0 aromatic carbocycles. The van der Waals surface area contributed by atoms with Gasteiger partial charge in [0.05, 0.1) is 13.2 Å². The van der Waals surface area contributed by atoms with Gasteiger partial charge < -0.3 is 30.7 Å². The lowest BCUT2D eigenvalue weighted by atomic mass is 10.0. The van der Waals surface area contributed by atoms with Crippen molar-refractivity contribution in [3.05, 3.63) is 0 Å². The number of nitrogens with two attached hydrogens (primary N) is 2. The summed E-state index contributed by atoms with van der Waals surface area (Å²) in [5.74, 6) is -1.57. The van der Waals surface area contributed by atoms with Gasteiger partial charge in [-0.2, -0.15) is 0 Å². The third-order valence-corrected chi connectivity index (χ3v) is 4.28. The molecular weight excluding hydrogens is 350 g/mol. The molecule has 2 amide bonds. The van der Waals surface area contributed by atoms with Gasteiger partial charge >= 0.3 is 0 Å². The smallest absolute Gasteiger partial charge is 0.275 e. The Morgan fingerprint density at radius 3 is 2.77 bits per heavy atom. The van der Waals surface area contributed by atoms with Gasteiger partial charge in [-0.25, -0.2) is 9.98 Å². The minimum Gasteiger partial charge on any atom is -0.394 e. The van der Waals surface area contributed by atoms with Gasteiger partial charge in [0.2, 0.25) is 11.6 Å². The third-order valence-electron chi connectivity index (χ3n) is 4.28. The van der Waals surface area contributed by atoms with Gasteiger partial charge in [-0.15, -0.1) is 0 Å². The van der Waals surface area contributed by atoms with E-state index in [0.29, 0.717) is 0 Å². The number of nitrogens with zero attached hydrogens (tertiary/aromatic N) is 4. The number of nitrogens with one attached hydrogen (secondary N) is 1. The zero-order valence-electron chi connectivity index (χ0n) is 13.5. The summed E-state index contributed by atoms with van der Waals surface area (Å²) in [5, 5.41) is 31.3. The Balaban J connectivity index is 1.82. The molecule has 5 atom stereocenters. The average molecular weight is 369 g/mol. The summed E-state index contributed by atoms with van der Waals surface area (Å²) in [6.07, 6.45) is -3.67. The molecule has 0 saturated carbocycles. The van der Waals surface area contributed by atoms with E-state index in [4.69, 9.17) is 16.2 Å². The first-order valence-electron chi connectivity index (χ1n) is 7.72. The predicted octanol–water partition coefficient (Wildman–Crippen LogP) is -5.16. The molecule has 0 aliphatic carbocycles. The average Bonchev–Trinajstić information content (AvgIpc) is 3.17. The molecule has 142 valence electrons. The quantitative estimate of drug-likeness (QED) is 0.279. The third kappa shape index (κ3) is 2.80. The van der Waals surface area contributed by atoms with Crippen molar-refractivity contribution in [3.8, 4) is 0 Å². The van der Waals surface area contributed by atoms with Crippen LogP contribution in [0.3, 0.4) is 0 Å². The van der Waals surface area contributed by atoms with Gasteiger partial charge in [-0.1, -0.05) is 0 Å². The highest BCUT2D eigenvalue weighted by atomic mass is 16.6. The molecule has 26 heavy (non-hydrogen) atoms. The number of fused-ring (bicyclic) bond motifs is 1. The van der Waals surface area contributed by atoms with Crippen LogP contribution in [0.15, 0.2) is 15.0 Å². The molecule has 0 radical (unpaired) electrons. The number of amidine groups is 1. The lowest BCUT2D eigenvalue weighted by Crippen LogP contribution is -2.63. The van der Waals surface area contributed by atoms with E-state index >= 15 is 0 Å². The lowest BCUT2D eigenvalue weighted by molar-refractivity contribution is -0.131. The summed E-state index contributed by atoms with van der Waals surface area (Å²) < 4.78 is 5.44. The zero-order valence-corrected chi connectivity index (χ0v) is 13.5. The molecule has 13 heteroatoms. The molecule has 8 N–H and O–H groups in total. The molecule has 1 unspecified atom stereocenters. The second kappa shape index (κ2) is 6.79. The van der Waals surface area contributed by atoms with Crippen LogP contribution in [0.25, 0.3) is 0 Å². The zero-order chi connectivity index (χ0) is 19.1. The fourth-order valence-electron chi connectivity index (χ4n) is 2.86. The summed E-state index contributed by atoms with van der Waals surface area (Å²) >= 11 is 0. The van der Waals surface area contributed by atoms with Crippen molar-refractivity contribution in [3.63, 3.8) is 0 Å². The van der Waals surface area contributed by atoms with Gasteiger partial charge in [0.25, 0.3) is 5.91 Å². The summed E-state index contributed by atoms with van der Waals surface area (Å²) in [4.78, 5) is 37.1. The number of aliphatic hydroxyl groups excluding tert-OH is 3. The second-order valence-corrected chi connectivity index (χ2v) is 5.89. The first-order valence-corrected chi connectivity index (χ1v) is 7.72. The Labute approximate surface area is 147 Å². The maximum Gasteiger partial charge on any atom is 0.275 e. The summed E-state index contributed by atoms with van der Waals surface area (Å²) in [7, 11) is 0. The Morgan fingerprint density at radius 2 is 2.15 bits per heavy atom. The molecular formula is C13H19N7O6. The molecule has 1 fully saturated rings. The Kier molecular flexibility index (Phi) is 4.83. The number of imide groups is 1. The largest absolute Gasteiger partial charge is 0.394 e. The van der Waals surface area contributed by atoms with Crippen molar-refractivity contribution in [1.82, 2.24) is 10.2 Å². The van der Waals surface area contributed by atoms with Gasteiger partial charge in [0.15, 0.2) is 12.1 Å². The Hall–Kier alpha value is -2.29. The maximum absolute atomic E-state index is 12.3. The highest BCUT2D eigenvalue weighted by Crippen LogP contribution is 2.28. The van der Waals surface area contributed by atoms with E-state index in [9.17, 15) is 24.9 Å². The molecule has 0 spiro atoms. The minimum atomic E-state index is -2.00. The van der Waals surface area contributed by atoms with Crippen molar-refractivity contribution in [2.75, 3.05) is 19.8 Å². The SMILES string of the molecule is NCC(=O)NC(=O)C1(N)N=CN=C2C1=NCN2[C@@H]1O[C@H](CO)[C@@H](O)[C@H]1O. The number of aliphatic hydroxyl groups is 3. The molecule has 3 aliphatic rings. The van der Waals surface area contributed by atoms with Gasteiger partial charge in [-0.05, 0) is 0 Å². The molecule has 0 aromatic rings. The van der Waals surface area contributed by atoms with Gasteiger partial charge in [0.1, 0.15) is 37.0 Å². The summed E-state index contributed by atoms with van der Waals surface area (Å²) in [6, 6.07) is 0. The molecule has 3 rings (SSSR count). The number of hydrogen-bond donors (Lipinski definition) is 6. The van der Waals surface area contributed by atoms with Crippen LogP contribution in [0.1, 0.15) is 0 Å². The minimum absolute atomic E-state index is 0.0277. The fourth-order valence-corrected chi connectivity index (χ4v) is 2.86. The molecule has 0 bridgehead atoms. The van der Waals surface area contributed by atoms with Crippen LogP contribution in [0.5, 0.6) is 0 Å². The van der Waals surface area contributed by atoms with E-state index in [1.807, 2.05) is 5.32 Å². The number of rotatable bonds is 4. The first-order chi connectivity index (χ1) is 12.3. The highest BCUT2D eigenvalue weighted by molar-refractivity contribution is 6.51. The number of aliphatic imine (C=N–C) groups is 3. The van der Waals surface area contributed by atoms with Crippen LogP contribution in [-0.2, 0) is 14.3 Å². The number of hydrogen-bond acceptors (Lipinski definition) is 12. The summed E-state index contributed by atoms with van der Waals surface area (Å²) in [5.41, 5.74) is 9.17. The van der Waals surface area contributed by atoms with E-state index < -0.39 is 55.2 Å². The van der Waals surface area contributed by atoms with Crippen molar-refractivity contribution < 1.29 is 29.6 Å². The number of ether oxygens (including phenoxy) is 1. The van der Waals surface area contributed by atoms with Crippen LogP contribution in [0, 0.1) is 0 Å². The predicted molar refractivity (Wildman–Crippen MR) is 87.0 cm³/mol. The standard InChI is InChI=1S/C13H19N7O6/c14-1-6(22)19-12(25)13(15)9-10(16-3-18-13)20(4-17-9)11-8(24)7(23)5(2-21)26-11/h3,5,7-8,11,21,23-24H,1-2,4,14-15H2,(H,19,22,25)/t5-,7-,8-,11-,13?/m1/s1. The van der Waals surface area contributed by atoms with Crippen molar-refractivity contribution in [2.45, 2.75) is 30.2 Å². The molecule has 13 nitrogen and oxygen atoms in total. The van der Waals surface area contributed by atoms with Crippen LogP contribution in [-0.4, -0.2) is 99.9 Å². The molecule has 1 saturated heterocycles. The van der Waals surface area contributed by atoms with Crippen molar-refractivity contribution >= 4 is 29.7 Å². The maximum atomic E-state index is 12.3. The van der Waals surface area contributed by atoms with E-state index in [-0.39, 0.29) is 18.2 Å². The van der Waals surface area contributed by atoms with Crippen molar-refractivity contribution in [2.24, 2.45) is 26.4 Å². The number of carbonyl (C=O) groups is 2. The van der Waals surface area contributed by atoms with Gasteiger partial charge in [0, 0.05) is 0 Å². The highest BCUT2D eigenvalue weighted by Gasteiger charge is 2.52. The van der Waals surface area contributed by atoms with Crippen LogP contribution in [0.2, 0.25) is 0 Å². The van der Waals surface area contributed by atoms with E-state index in [1.165, 1.54) is 4.90 Å². The normalized spacial score (nSPS) is 35.8. The Morgan fingerprint density at radius 1 is 1.42 bits per heavy atom. The van der Waals surface area contributed by atoms with E-state index in [0.717, 1.165) is 6.34 Å². The Bertz CT molecular complexity index is 709. The fraction of sp³-hybridized carbons (Fsp3) is 0.615. The van der Waals surface area contributed by atoms with Crippen molar-refractivity contribution in [1.29, 1.82) is 0 Å². The molecule has 3 aliphatic heterocycles. The molecule has 0 aromatic heterocycles. The van der Waals surface area contributed by atoms with Crippen LogP contribution in [0.4, 0.5) is 0 Å². The lowest BCUT2D eigenvalue weighted by Gasteiger charge is -2.31. The van der Waals surface area contributed by atoms with Gasteiger partial charge in [-0.3, -0.25) is 25.6 Å². The summed E-state index contributed by atoms with van der Waals surface area (Å²) in [6.45, 7) is -0.983. The monoisotopic (exact) mass is 369 g/mol. The number of carbonyl (C=O) groups excluding carboxylic acids is 2. The van der Waals surface area contributed by atoms with E-state index in [2.05, 4.69) is 15.0 Å². The van der Waals surface area contributed by atoms with Crippen LogP contribution < -0.4 is 16.8 Å². The second-order valence-electron chi connectivity index (χ2n) is 5.89. The molecule has 3 heterocycles. The van der Waals surface area contributed by atoms with E-state index in [1.54, 1.807) is 0 Å². The topological polar surface area (TPSA) is 208 Å². The first kappa shape index (κ1) is 18.5. The van der Waals surface area contributed by atoms with Crippen LogP contribution >= 0.6 is 0 Å². The number of amides is 2.